The number of rotatable bonds is 3. The third-order valence-corrected chi connectivity index (χ3v) is 5.08. The molecule has 0 amide bonds. The van der Waals surface area contributed by atoms with E-state index in [4.69, 9.17) is 23.2 Å². The first-order valence-electron chi connectivity index (χ1n) is 4.64. The van der Waals surface area contributed by atoms with Gasteiger partial charge in [0.15, 0.2) is 0 Å². The van der Waals surface area contributed by atoms with E-state index in [1.54, 1.807) is 23.7 Å². The SMILES string of the molecule is Clc1cnccc1CC(Br)c1sccc1Cl. The number of aromatic nitrogens is 1. The third kappa shape index (κ3) is 2.77. The Hall–Kier alpha value is -0.0900. The van der Waals surface area contributed by atoms with Crippen LogP contribution in [0.25, 0.3) is 0 Å². The van der Waals surface area contributed by atoms with Crippen molar-refractivity contribution in [3.63, 3.8) is 0 Å². The Morgan fingerprint density at radius 1 is 1.31 bits per heavy atom. The van der Waals surface area contributed by atoms with Gasteiger partial charge in [-0.05, 0) is 29.5 Å². The Kier molecular flexibility index (Phi) is 4.25. The fourth-order valence-electron chi connectivity index (χ4n) is 1.38. The lowest BCUT2D eigenvalue weighted by molar-refractivity contribution is 0.964. The number of alkyl halides is 1. The Morgan fingerprint density at radius 2 is 2.12 bits per heavy atom. The standard InChI is InChI=1S/C11H8BrCl2NS/c12-8(11-9(13)2-4-16-11)5-7-1-3-15-6-10(7)14/h1-4,6,8H,5H2. The first kappa shape index (κ1) is 12.4. The fourth-order valence-corrected chi connectivity index (χ4v) is 3.80. The maximum atomic E-state index is 6.08. The molecule has 1 atom stereocenters. The van der Waals surface area contributed by atoms with Crippen molar-refractivity contribution in [3.05, 3.63) is 50.4 Å². The van der Waals surface area contributed by atoms with Crippen LogP contribution < -0.4 is 0 Å². The Labute approximate surface area is 117 Å². The zero-order valence-corrected chi connectivity index (χ0v) is 12.1. The van der Waals surface area contributed by atoms with Gasteiger partial charge in [-0.25, -0.2) is 0 Å². The van der Waals surface area contributed by atoms with Gasteiger partial charge in [0.05, 0.1) is 14.9 Å². The molecule has 0 saturated heterocycles. The number of halogens is 3. The number of hydrogen-bond acceptors (Lipinski definition) is 2. The summed E-state index contributed by atoms with van der Waals surface area (Å²) >= 11 is 17.4. The molecule has 0 aromatic carbocycles. The van der Waals surface area contributed by atoms with Crippen LogP contribution in [0.4, 0.5) is 0 Å². The quantitative estimate of drug-likeness (QED) is 0.708. The molecule has 0 spiro atoms. The van der Waals surface area contributed by atoms with Crippen LogP contribution in [0.1, 0.15) is 15.3 Å². The predicted molar refractivity (Wildman–Crippen MR) is 73.9 cm³/mol. The minimum Gasteiger partial charge on any atom is -0.263 e. The molecule has 2 heterocycles. The molecule has 84 valence electrons. The van der Waals surface area contributed by atoms with Crippen molar-refractivity contribution < 1.29 is 0 Å². The largest absolute Gasteiger partial charge is 0.263 e. The van der Waals surface area contributed by atoms with Gasteiger partial charge in [-0.1, -0.05) is 39.1 Å². The van der Waals surface area contributed by atoms with Crippen LogP contribution in [0.3, 0.4) is 0 Å². The molecule has 2 aromatic heterocycles. The maximum absolute atomic E-state index is 6.08. The first-order chi connectivity index (χ1) is 7.68. The summed E-state index contributed by atoms with van der Waals surface area (Å²) in [4.78, 5) is 5.29. The smallest absolute Gasteiger partial charge is 0.0621 e. The molecule has 0 saturated carbocycles. The number of pyridine rings is 1. The zero-order chi connectivity index (χ0) is 11.5. The first-order valence-corrected chi connectivity index (χ1v) is 7.19. The van der Waals surface area contributed by atoms with Gasteiger partial charge in [-0.15, -0.1) is 11.3 Å². The minimum absolute atomic E-state index is 0.194. The normalized spacial score (nSPS) is 12.7. The van der Waals surface area contributed by atoms with E-state index in [0.29, 0.717) is 5.02 Å². The lowest BCUT2D eigenvalue weighted by atomic mass is 10.1. The highest BCUT2D eigenvalue weighted by Crippen LogP contribution is 2.37. The van der Waals surface area contributed by atoms with Gasteiger partial charge < -0.3 is 0 Å². The lowest BCUT2D eigenvalue weighted by Crippen LogP contribution is -1.94. The maximum Gasteiger partial charge on any atom is 0.0621 e. The van der Waals surface area contributed by atoms with Gasteiger partial charge in [0, 0.05) is 17.3 Å². The van der Waals surface area contributed by atoms with Crippen molar-refractivity contribution in [1.29, 1.82) is 0 Å². The molecule has 0 fully saturated rings. The number of nitrogens with zero attached hydrogens (tertiary/aromatic N) is 1. The van der Waals surface area contributed by atoms with Gasteiger partial charge in [-0.3, -0.25) is 4.98 Å². The molecule has 0 radical (unpaired) electrons. The molecule has 2 aromatic rings. The van der Waals surface area contributed by atoms with E-state index in [1.165, 1.54) is 0 Å². The lowest BCUT2D eigenvalue weighted by Gasteiger charge is -2.09. The van der Waals surface area contributed by atoms with Crippen molar-refractivity contribution in [2.45, 2.75) is 11.2 Å². The van der Waals surface area contributed by atoms with E-state index < -0.39 is 0 Å². The van der Waals surface area contributed by atoms with Gasteiger partial charge in [0.2, 0.25) is 0 Å². The van der Waals surface area contributed by atoms with E-state index in [2.05, 4.69) is 20.9 Å². The van der Waals surface area contributed by atoms with E-state index in [9.17, 15) is 0 Å². The third-order valence-electron chi connectivity index (χ3n) is 2.18. The fraction of sp³-hybridized carbons (Fsp3) is 0.182. The molecule has 5 heteroatoms. The van der Waals surface area contributed by atoms with Crippen LogP contribution in [0, 0.1) is 0 Å². The minimum atomic E-state index is 0.194. The van der Waals surface area contributed by atoms with Crippen molar-refractivity contribution in [3.8, 4) is 0 Å². The van der Waals surface area contributed by atoms with Crippen LogP contribution in [0.2, 0.25) is 10.0 Å². The molecule has 16 heavy (non-hydrogen) atoms. The van der Waals surface area contributed by atoms with Crippen molar-refractivity contribution in [2.24, 2.45) is 0 Å². The second-order valence-electron chi connectivity index (χ2n) is 3.27. The molecule has 0 aliphatic rings. The summed E-state index contributed by atoms with van der Waals surface area (Å²) in [5.74, 6) is 0. The van der Waals surface area contributed by atoms with Crippen LogP contribution >= 0.6 is 50.5 Å². The molecule has 1 unspecified atom stereocenters. The van der Waals surface area contributed by atoms with Gasteiger partial charge in [0.1, 0.15) is 0 Å². The molecule has 1 nitrogen and oxygen atoms in total. The summed E-state index contributed by atoms with van der Waals surface area (Å²) < 4.78 is 0. The van der Waals surface area contributed by atoms with E-state index in [0.717, 1.165) is 21.9 Å². The van der Waals surface area contributed by atoms with E-state index in [1.807, 2.05) is 17.5 Å². The van der Waals surface area contributed by atoms with Gasteiger partial charge in [-0.2, -0.15) is 0 Å². The average molecular weight is 337 g/mol. The second kappa shape index (κ2) is 5.50. The Morgan fingerprint density at radius 3 is 2.75 bits per heavy atom. The van der Waals surface area contributed by atoms with Crippen molar-refractivity contribution >= 4 is 50.5 Å². The summed E-state index contributed by atoms with van der Waals surface area (Å²) in [7, 11) is 0. The number of hydrogen-bond donors (Lipinski definition) is 0. The molecular weight excluding hydrogens is 329 g/mol. The summed E-state index contributed by atoms with van der Waals surface area (Å²) in [5.41, 5.74) is 1.07. The van der Waals surface area contributed by atoms with Crippen LogP contribution in [-0.2, 0) is 6.42 Å². The highest BCUT2D eigenvalue weighted by molar-refractivity contribution is 9.09. The summed E-state index contributed by atoms with van der Waals surface area (Å²) in [6, 6.07) is 3.84. The molecule has 0 N–H and O–H groups in total. The monoisotopic (exact) mass is 335 g/mol. The highest BCUT2D eigenvalue weighted by Gasteiger charge is 2.14. The molecule has 2 rings (SSSR count). The summed E-state index contributed by atoms with van der Waals surface area (Å²) in [6.45, 7) is 0. The van der Waals surface area contributed by atoms with Gasteiger partial charge >= 0.3 is 0 Å². The van der Waals surface area contributed by atoms with Crippen molar-refractivity contribution in [2.75, 3.05) is 0 Å². The van der Waals surface area contributed by atoms with Crippen LogP contribution in [-0.4, -0.2) is 4.98 Å². The second-order valence-corrected chi connectivity index (χ2v) is 6.14. The summed E-state index contributed by atoms with van der Waals surface area (Å²) in [6.07, 6.45) is 4.21. The van der Waals surface area contributed by atoms with Gasteiger partial charge in [0.25, 0.3) is 0 Å². The predicted octanol–water partition coefficient (Wildman–Crippen LogP) is 5.13. The number of thiophene rings is 1. The molecular formula is C11H8BrCl2NS. The van der Waals surface area contributed by atoms with Crippen LogP contribution in [0.15, 0.2) is 29.9 Å². The van der Waals surface area contributed by atoms with E-state index >= 15 is 0 Å². The highest BCUT2D eigenvalue weighted by atomic mass is 79.9. The Bertz CT molecular complexity index is 486. The average Bonchev–Trinajstić information content (AvgIpc) is 2.68. The molecule has 0 aliphatic carbocycles. The topological polar surface area (TPSA) is 12.9 Å². The zero-order valence-electron chi connectivity index (χ0n) is 8.16. The Balaban J connectivity index is 2.17. The molecule has 0 bridgehead atoms. The van der Waals surface area contributed by atoms with Crippen molar-refractivity contribution in [1.82, 2.24) is 4.98 Å². The van der Waals surface area contributed by atoms with Crippen LogP contribution in [0.5, 0.6) is 0 Å². The molecule has 0 aliphatic heterocycles. The summed E-state index contributed by atoms with van der Waals surface area (Å²) in [5, 5.41) is 3.48. The van der Waals surface area contributed by atoms with E-state index in [-0.39, 0.29) is 4.83 Å².